The molecule has 0 saturated heterocycles. The fourth-order valence-corrected chi connectivity index (χ4v) is 1.89. The van der Waals surface area contributed by atoms with Crippen LogP contribution >= 0.6 is 0 Å². The molecule has 0 fully saturated rings. The maximum atomic E-state index is 13.6. The lowest BCUT2D eigenvalue weighted by atomic mass is 10.0. The van der Waals surface area contributed by atoms with Gasteiger partial charge in [0.25, 0.3) is 0 Å². The largest absolute Gasteiger partial charge is 0.323 e. The number of nitrogens with zero attached hydrogens (tertiary/aromatic N) is 1. The quantitative estimate of drug-likeness (QED) is 0.877. The first-order valence-corrected chi connectivity index (χ1v) is 6.24. The second-order valence-corrected chi connectivity index (χ2v) is 5.17. The summed E-state index contributed by atoms with van der Waals surface area (Å²) in [5.74, 6) is -1.20. The first-order chi connectivity index (χ1) is 8.34. The molecule has 2 nitrogen and oxygen atoms in total. The van der Waals surface area contributed by atoms with Crippen molar-refractivity contribution in [2.45, 2.75) is 32.9 Å². The zero-order valence-electron chi connectivity index (χ0n) is 11.5. The summed E-state index contributed by atoms with van der Waals surface area (Å²) in [6.45, 7) is 6.84. The summed E-state index contributed by atoms with van der Waals surface area (Å²) in [7, 11) is 1.95. The van der Waals surface area contributed by atoms with Gasteiger partial charge >= 0.3 is 0 Å². The van der Waals surface area contributed by atoms with Gasteiger partial charge in [-0.1, -0.05) is 26.0 Å². The smallest absolute Gasteiger partial charge is 0.163 e. The normalized spacial score (nSPS) is 15.2. The number of rotatable bonds is 5. The third kappa shape index (κ3) is 3.50. The highest BCUT2D eigenvalue weighted by Gasteiger charge is 2.19. The average molecular weight is 256 g/mol. The fraction of sp³-hybridized carbons (Fsp3) is 0.571. The average Bonchev–Trinajstić information content (AvgIpc) is 2.31. The molecule has 102 valence electrons. The third-order valence-corrected chi connectivity index (χ3v) is 3.53. The standard InChI is InChI=1S/C14H22F2N2/c1-9(2)10(3)18(4)8-13(17)11-6-5-7-12(15)14(11)16/h5-7,9-10,13H,8,17H2,1-4H3. The molecule has 0 aliphatic carbocycles. The van der Waals surface area contributed by atoms with Crippen LogP contribution in [0.4, 0.5) is 8.78 Å². The number of likely N-dealkylation sites (N-methyl/N-ethyl adjacent to an activating group) is 1. The van der Waals surface area contributed by atoms with Gasteiger partial charge in [-0.25, -0.2) is 8.78 Å². The van der Waals surface area contributed by atoms with Gasteiger partial charge in [-0.3, -0.25) is 0 Å². The van der Waals surface area contributed by atoms with E-state index >= 15 is 0 Å². The zero-order chi connectivity index (χ0) is 13.9. The minimum atomic E-state index is -0.845. The van der Waals surface area contributed by atoms with Crippen LogP contribution in [-0.2, 0) is 0 Å². The lowest BCUT2D eigenvalue weighted by Crippen LogP contribution is -2.38. The van der Waals surface area contributed by atoms with Gasteiger partial charge in [-0.15, -0.1) is 0 Å². The van der Waals surface area contributed by atoms with Crippen LogP contribution < -0.4 is 5.73 Å². The number of benzene rings is 1. The van der Waals surface area contributed by atoms with Gasteiger partial charge in [0, 0.05) is 24.2 Å². The van der Waals surface area contributed by atoms with E-state index < -0.39 is 17.7 Å². The van der Waals surface area contributed by atoms with Gasteiger partial charge in [0.1, 0.15) is 0 Å². The van der Waals surface area contributed by atoms with Crippen molar-refractivity contribution < 1.29 is 8.78 Å². The Morgan fingerprint density at radius 3 is 2.39 bits per heavy atom. The summed E-state index contributed by atoms with van der Waals surface area (Å²) in [6.07, 6.45) is 0. The van der Waals surface area contributed by atoms with Gasteiger partial charge in [0.2, 0.25) is 0 Å². The molecule has 2 atom stereocenters. The molecule has 0 saturated carbocycles. The Kier molecular flexibility index (Phi) is 5.23. The molecule has 2 N–H and O–H groups in total. The summed E-state index contributed by atoms with van der Waals surface area (Å²) in [5, 5.41) is 0. The van der Waals surface area contributed by atoms with Gasteiger partial charge in [0.05, 0.1) is 0 Å². The van der Waals surface area contributed by atoms with Crippen LogP contribution in [0.2, 0.25) is 0 Å². The molecule has 1 rings (SSSR count). The molecule has 0 radical (unpaired) electrons. The Labute approximate surface area is 108 Å². The molecular formula is C14H22F2N2. The summed E-state index contributed by atoms with van der Waals surface area (Å²) >= 11 is 0. The van der Waals surface area contributed by atoms with Crippen molar-refractivity contribution in [3.8, 4) is 0 Å². The van der Waals surface area contributed by atoms with E-state index in [2.05, 4.69) is 25.7 Å². The molecule has 0 aromatic heterocycles. The van der Waals surface area contributed by atoms with Gasteiger partial charge in [-0.2, -0.15) is 0 Å². The van der Waals surface area contributed by atoms with Crippen LogP contribution in [0.1, 0.15) is 32.4 Å². The molecule has 2 unspecified atom stereocenters. The molecule has 0 bridgehead atoms. The zero-order valence-corrected chi connectivity index (χ0v) is 11.5. The van der Waals surface area contributed by atoms with E-state index in [0.29, 0.717) is 18.5 Å². The Bertz CT molecular complexity index is 393. The Balaban J connectivity index is 2.76. The third-order valence-electron chi connectivity index (χ3n) is 3.53. The van der Waals surface area contributed by atoms with E-state index in [1.165, 1.54) is 12.1 Å². The van der Waals surface area contributed by atoms with Crippen LogP contribution in [0, 0.1) is 17.6 Å². The lowest BCUT2D eigenvalue weighted by molar-refractivity contribution is 0.196. The molecule has 1 aromatic rings. The highest BCUT2D eigenvalue weighted by Crippen LogP contribution is 2.19. The predicted octanol–water partition coefficient (Wildman–Crippen LogP) is 2.94. The van der Waals surface area contributed by atoms with Crippen molar-refractivity contribution in [1.82, 2.24) is 4.90 Å². The van der Waals surface area contributed by atoms with E-state index in [1.54, 1.807) is 0 Å². The molecule has 0 spiro atoms. The summed E-state index contributed by atoms with van der Waals surface area (Å²) < 4.78 is 26.7. The summed E-state index contributed by atoms with van der Waals surface area (Å²) in [4.78, 5) is 2.07. The minimum absolute atomic E-state index is 0.234. The van der Waals surface area contributed by atoms with E-state index in [1.807, 2.05) is 7.05 Å². The highest BCUT2D eigenvalue weighted by molar-refractivity contribution is 5.22. The van der Waals surface area contributed by atoms with Crippen LogP contribution in [0.5, 0.6) is 0 Å². The highest BCUT2D eigenvalue weighted by atomic mass is 19.2. The summed E-state index contributed by atoms with van der Waals surface area (Å²) in [6, 6.07) is 3.95. The topological polar surface area (TPSA) is 29.3 Å². The van der Waals surface area contributed by atoms with E-state index in [0.717, 1.165) is 6.07 Å². The van der Waals surface area contributed by atoms with Crippen LogP contribution in [0.3, 0.4) is 0 Å². The van der Waals surface area contributed by atoms with Gasteiger partial charge in [-0.05, 0) is 26.0 Å². The maximum absolute atomic E-state index is 13.6. The molecule has 18 heavy (non-hydrogen) atoms. The van der Waals surface area contributed by atoms with Crippen molar-refractivity contribution >= 4 is 0 Å². The van der Waals surface area contributed by atoms with E-state index in [-0.39, 0.29) is 5.56 Å². The number of halogens is 2. The molecular weight excluding hydrogens is 234 g/mol. The molecule has 4 heteroatoms. The Hall–Kier alpha value is -1.00. The van der Waals surface area contributed by atoms with Crippen LogP contribution in [0.15, 0.2) is 18.2 Å². The molecule has 1 aromatic carbocycles. The summed E-state index contributed by atoms with van der Waals surface area (Å²) in [5.41, 5.74) is 6.19. The monoisotopic (exact) mass is 256 g/mol. The number of hydrogen-bond acceptors (Lipinski definition) is 2. The molecule has 0 aliphatic heterocycles. The van der Waals surface area contributed by atoms with Crippen molar-refractivity contribution in [3.05, 3.63) is 35.4 Å². The van der Waals surface area contributed by atoms with E-state index in [9.17, 15) is 8.78 Å². The predicted molar refractivity (Wildman–Crippen MR) is 70.2 cm³/mol. The molecule has 0 aliphatic rings. The van der Waals surface area contributed by atoms with Crippen molar-refractivity contribution in [2.24, 2.45) is 11.7 Å². The Morgan fingerprint density at radius 2 is 1.83 bits per heavy atom. The van der Waals surface area contributed by atoms with Crippen LogP contribution in [0.25, 0.3) is 0 Å². The number of nitrogens with two attached hydrogens (primary N) is 1. The SMILES string of the molecule is CC(C)C(C)N(C)CC(N)c1cccc(F)c1F. The fourth-order valence-electron chi connectivity index (χ4n) is 1.89. The second kappa shape index (κ2) is 6.25. The van der Waals surface area contributed by atoms with Crippen molar-refractivity contribution in [1.29, 1.82) is 0 Å². The van der Waals surface area contributed by atoms with Gasteiger partial charge in [0.15, 0.2) is 11.6 Å². The molecule has 0 amide bonds. The minimum Gasteiger partial charge on any atom is -0.323 e. The number of hydrogen-bond donors (Lipinski definition) is 1. The lowest BCUT2D eigenvalue weighted by Gasteiger charge is -2.30. The van der Waals surface area contributed by atoms with Gasteiger partial charge < -0.3 is 10.6 Å². The van der Waals surface area contributed by atoms with Crippen molar-refractivity contribution in [3.63, 3.8) is 0 Å². The van der Waals surface area contributed by atoms with Crippen molar-refractivity contribution in [2.75, 3.05) is 13.6 Å². The first kappa shape index (κ1) is 15.1. The second-order valence-electron chi connectivity index (χ2n) is 5.17. The first-order valence-electron chi connectivity index (χ1n) is 6.24. The molecule has 0 heterocycles. The van der Waals surface area contributed by atoms with Crippen LogP contribution in [-0.4, -0.2) is 24.5 Å². The Morgan fingerprint density at radius 1 is 1.22 bits per heavy atom. The maximum Gasteiger partial charge on any atom is 0.163 e. The van der Waals surface area contributed by atoms with E-state index in [4.69, 9.17) is 5.73 Å².